The molecule has 12 heteroatoms. The van der Waals surface area contributed by atoms with Crippen LogP contribution in [0.15, 0.2) is 41.2 Å². The SMILES string of the molecule is CC[C@H](c1nnnn1CCOC)N(Cc1ccc2c(c1)OCO2)Cc1cc2cc(OC)c(OC)cc2[nH]c1=O. The Morgan fingerprint density at radius 3 is 2.62 bits per heavy atom. The standard InChI is InChI=1S/C27H32N6O6/c1-5-21(26-29-30-31-33(26)8-9-35-2)32(14-17-6-7-22-25(10-17)39-16-38-22)15-19-11-18-12-23(36-3)24(37-4)13-20(18)28-27(19)34/h6-7,10-13,21H,5,8-9,14-16H2,1-4H3,(H,28,34)/t21-/m1/s1. The number of aromatic amines is 1. The second-order valence-corrected chi connectivity index (χ2v) is 9.19. The zero-order chi connectivity index (χ0) is 27.4. The van der Waals surface area contributed by atoms with Crippen molar-refractivity contribution in [3.63, 3.8) is 0 Å². The number of pyridine rings is 1. The molecule has 0 radical (unpaired) electrons. The number of benzene rings is 2. The molecule has 1 aliphatic rings. The second kappa shape index (κ2) is 11.7. The summed E-state index contributed by atoms with van der Waals surface area (Å²) in [7, 11) is 4.79. The van der Waals surface area contributed by atoms with Crippen LogP contribution in [0.1, 0.15) is 36.3 Å². The van der Waals surface area contributed by atoms with Gasteiger partial charge in [-0.3, -0.25) is 9.69 Å². The van der Waals surface area contributed by atoms with E-state index in [0.717, 1.165) is 16.7 Å². The quantitative estimate of drug-likeness (QED) is 0.289. The molecular formula is C27H32N6O6. The first-order valence-electron chi connectivity index (χ1n) is 12.7. The summed E-state index contributed by atoms with van der Waals surface area (Å²) < 4.78 is 29.0. The fourth-order valence-corrected chi connectivity index (χ4v) is 4.86. The van der Waals surface area contributed by atoms with Gasteiger partial charge in [0, 0.05) is 37.2 Å². The van der Waals surface area contributed by atoms with Crippen LogP contribution in [0.5, 0.6) is 23.0 Å². The molecular weight excluding hydrogens is 504 g/mol. The van der Waals surface area contributed by atoms with Crippen molar-refractivity contribution in [3.05, 3.63) is 63.7 Å². The number of H-pyrrole nitrogens is 1. The molecule has 0 spiro atoms. The van der Waals surface area contributed by atoms with Gasteiger partial charge in [0.2, 0.25) is 6.79 Å². The maximum atomic E-state index is 13.3. The number of hydrogen-bond acceptors (Lipinski definition) is 10. The van der Waals surface area contributed by atoms with E-state index in [1.165, 1.54) is 0 Å². The molecule has 1 N–H and O–H groups in total. The second-order valence-electron chi connectivity index (χ2n) is 9.19. The number of ether oxygens (including phenoxy) is 5. The Labute approximate surface area is 225 Å². The zero-order valence-electron chi connectivity index (χ0n) is 22.5. The van der Waals surface area contributed by atoms with Crippen molar-refractivity contribution in [1.29, 1.82) is 0 Å². The Morgan fingerprint density at radius 2 is 1.85 bits per heavy atom. The van der Waals surface area contributed by atoms with Gasteiger partial charge in [-0.2, -0.15) is 0 Å². The molecule has 12 nitrogen and oxygen atoms in total. The summed E-state index contributed by atoms with van der Waals surface area (Å²) in [6, 6.07) is 11.2. The number of methoxy groups -OCH3 is 3. The molecule has 1 aliphatic heterocycles. The van der Waals surface area contributed by atoms with Crippen LogP contribution < -0.4 is 24.5 Å². The number of hydrogen-bond donors (Lipinski definition) is 1. The minimum atomic E-state index is -0.181. The fraction of sp³-hybridized carbons (Fsp3) is 0.407. The highest BCUT2D eigenvalue weighted by Gasteiger charge is 2.27. The summed E-state index contributed by atoms with van der Waals surface area (Å²) in [5, 5.41) is 13.3. The highest BCUT2D eigenvalue weighted by Crippen LogP contribution is 2.35. The largest absolute Gasteiger partial charge is 0.493 e. The molecule has 0 amide bonds. The predicted octanol–water partition coefficient (Wildman–Crippen LogP) is 3.06. The van der Waals surface area contributed by atoms with Crippen molar-refractivity contribution in [2.24, 2.45) is 0 Å². The Kier molecular flexibility index (Phi) is 7.94. The number of rotatable bonds is 12. The lowest BCUT2D eigenvalue weighted by molar-refractivity contribution is 0.150. The van der Waals surface area contributed by atoms with Gasteiger partial charge >= 0.3 is 0 Å². The van der Waals surface area contributed by atoms with Crippen molar-refractivity contribution in [2.75, 3.05) is 34.7 Å². The summed E-state index contributed by atoms with van der Waals surface area (Å²) in [6.45, 7) is 4.15. The Balaban J connectivity index is 1.53. The minimum absolute atomic E-state index is 0.178. The van der Waals surface area contributed by atoms with Gasteiger partial charge in [0.05, 0.1) is 38.9 Å². The molecule has 206 valence electrons. The number of fused-ring (bicyclic) bond motifs is 2. The molecule has 0 fully saturated rings. The predicted molar refractivity (Wildman–Crippen MR) is 142 cm³/mol. The number of nitrogens with one attached hydrogen (secondary N) is 1. The van der Waals surface area contributed by atoms with Crippen molar-refractivity contribution in [2.45, 2.75) is 39.0 Å². The Morgan fingerprint density at radius 1 is 1.05 bits per heavy atom. The lowest BCUT2D eigenvalue weighted by Crippen LogP contribution is -2.32. The molecule has 5 rings (SSSR count). The van der Waals surface area contributed by atoms with Crippen LogP contribution in [0.3, 0.4) is 0 Å². The molecule has 0 aliphatic carbocycles. The van der Waals surface area contributed by atoms with Gasteiger partial charge in [-0.15, -0.1) is 5.10 Å². The first-order chi connectivity index (χ1) is 19.0. The first-order valence-corrected chi connectivity index (χ1v) is 12.7. The van der Waals surface area contributed by atoms with E-state index in [0.29, 0.717) is 66.8 Å². The van der Waals surface area contributed by atoms with Crippen molar-refractivity contribution >= 4 is 10.9 Å². The van der Waals surface area contributed by atoms with Gasteiger partial charge in [0.25, 0.3) is 5.56 Å². The molecule has 2 aromatic carbocycles. The van der Waals surface area contributed by atoms with E-state index in [4.69, 9.17) is 23.7 Å². The molecule has 3 heterocycles. The highest BCUT2D eigenvalue weighted by molar-refractivity contribution is 5.83. The summed E-state index contributed by atoms with van der Waals surface area (Å²) in [6.07, 6.45) is 0.717. The van der Waals surface area contributed by atoms with Crippen LogP contribution in [0, 0.1) is 0 Å². The average Bonchev–Trinajstić information content (AvgIpc) is 3.61. The van der Waals surface area contributed by atoms with Crippen LogP contribution in [0.4, 0.5) is 0 Å². The third-order valence-corrected chi connectivity index (χ3v) is 6.81. The first kappa shape index (κ1) is 26.4. The van der Waals surface area contributed by atoms with Crippen molar-refractivity contribution in [3.8, 4) is 23.0 Å². The summed E-state index contributed by atoms with van der Waals surface area (Å²) in [5.74, 6) is 3.26. The van der Waals surface area contributed by atoms with Gasteiger partial charge in [-0.05, 0) is 46.7 Å². The lowest BCUT2D eigenvalue weighted by atomic mass is 10.1. The fourth-order valence-electron chi connectivity index (χ4n) is 4.86. The van der Waals surface area contributed by atoms with E-state index in [-0.39, 0.29) is 18.4 Å². The molecule has 2 aromatic heterocycles. The zero-order valence-corrected chi connectivity index (χ0v) is 22.5. The Bertz CT molecular complexity index is 1500. The molecule has 4 aromatic rings. The molecule has 1 atom stereocenters. The maximum Gasteiger partial charge on any atom is 0.252 e. The highest BCUT2D eigenvalue weighted by atomic mass is 16.7. The van der Waals surface area contributed by atoms with Crippen LogP contribution in [-0.2, 0) is 24.4 Å². The molecule has 0 saturated heterocycles. The molecule has 0 bridgehead atoms. The molecule has 0 saturated carbocycles. The number of tetrazole rings is 1. The van der Waals surface area contributed by atoms with Crippen LogP contribution in [0.2, 0.25) is 0 Å². The van der Waals surface area contributed by atoms with E-state index >= 15 is 0 Å². The number of aromatic nitrogens is 5. The summed E-state index contributed by atoms with van der Waals surface area (Å²) in [4.78, 5) is 18.5. The molecule has 0 unspecified atom stereocenters. The monoisotopic (exact) mass is 536 g/mol. The average molecular weight is 537 g/mol. The Hall–Kier alpha value is -4.16. The van der Waals surface area contributed by atoms with Crippen LogP contribution >= 0.6 is 0 Å². The van der Waals surface area contributed by atoms with Gasteiger partial charge < -0.3 is 28.7 Å². The van der Waals surface area contributed by atoms with Gasteiger partial charge in [-0.25, -0.2) is 4.68 Å². The smallest absolute Gasteiger partial charge is 0.252 e. The topological polar surface area (TPSA) is 126 Å². The third kappa shape index (κ3) is 5.52. The maximum absolute atomic E-state index is 13.3. The van der Waals surface area contributed by atoms with E-state index in [9.17, 15) is 4.79 Å². The summed E-state index contributed by atoms with van der Waals surface area (Å²) in [5.41, 5.74) is 2.10. The normalized spacial score (nSPS) is 13.3. The van der Waals surface area contributed by atoms with E-state index in [2.05, 4.69) is 32.3 Å². The van der Waals surface area contributed by atoms with E-state index in [1.807, 2.05) is 30.3 Å². The lowest BCUT2D eigenvalue weighted by Gasteiger charge is -2.30. The van der Waals surface area contributed by atoms with Crippen molar-refractivity contribution < 1.29 is 23.7 Å². The minimum Gasteiger partial charge on any atom is -0.493 e. The molecule has 39 heavy (non-hydrogen) atoms. The van der Waals surface area contributed by atoms with Crippen LogP contribution in [-0.4, -0.2) is 64.8 Å². The van der Waals surface area contributed by atoms with Crippen molar-refractivity contribution in [1.82, 2.24) is 30.1 Å². The van der Waals surface area contributed by atoms with Gasteiger partial charge in [0.1, 0.15) is 0 Å². The van der Waals surface area contributed by atoms with E-state index < -0.39 is 0 Å². The van der Waals surface area contributed by atoms with E-state index in [1.54, 1.807) is 32.1 Å². The number of nitrogens with zero attached hydrogens (tertiary/aromatic N) is 5. The van der Waals surface area contributed by atoms with Gasteiger partial charge in [0.15, 0.2) is 28.8 Å². The summed E-state index contributed by atoms with van der Waals surface area (Å²) >= 11 is 0. The third-order valence-electron chi connectivity index (χ3n) is 6.81. The van der Waals surface area contributed by atoms with Crippen LogP contribution in [0.25, 0.3) is 10.9 Å². The van der Waals surface area contributed by atoms with Gasteiger partial charge in [-0.1, -0.05) is 13.0 Å².